The van der Waals surface area contributed by atoms with Crippen molar-refractivity contribution in [3.8, 4) is 0 Å². The number of fused-ring (bicyclic) bond motifs is 1. The molecule has 0 aliphatic heterocycles. The third-order valence-electron chi connectivity index (χ3n) is 3.46. The molecule has 0 aliphatic carbocycles. The number of nitrogens with zero attached hydrogens (tertiary/aromatic N) is 3. The van der Waals surface area contributed by atoms with E-state index in [2.05, 4.69) is 53.7 Å². The lowest BCUT2D eigenvalue weighted by atomic mass is 10.2. The number of pyridine rings is 1. The molecular formula is C15H24N4. The lowest BCUT2D eigenvalue weighted by molar-refractivity contribution is 0.365. The summed E-state index contributed by atoms with van der Waals surface area (Å²) in [6.45, 7) is 6.29. The highest BCUT2D eigenvalue weighted by molar-refractivity contribution is 5.42. The highest BCUT2D eigenvalue weighted by Crippen LogP contribution is 2.11. The molecule has 0 bridgehead atoms. The van der Waals surface area contributed by atoms with Crippen molar-refractivity contribution >= 4 is 5.65 Å². The topological polar surface area (TPSA) is 32.6 Å². The van der Waals surface area contributed by atoms with Crippen molar-refractivity contribution in [2.75, 3.05) is 20.6 Å². The summed E-state index contributed by atoms with van der Waals surface area (Å²) in [5.41, 5.74) is 3.39. The lowest BCUT2D eigenvalue weighted by Gasteiger charge is -2.16. The molecule has 2 aromatic rings. The van der Waals surface area contributed by atoms with Gasteiger partial charge >= 0.3 is 0 Å². The van der Waals surface area contributed by atoms with E-state index >= 15 is 0 Å². The van der Waals surface area contributed by atoms with Crippen LogP contribution in [0, 0.1) is 6.92 Å². The third kappa shape index (κ3) is 3.55. The van der Waals surface area contributed by atoms with Gasteiger partial charge in [0, 0.05) is 18.8 Å². The van der Waals surface area contributed by atoms with Crippen LogP contribution >= 0.6 is 0 Å². The monoisotopic (exact) mass is 260 g/mol. The van der Waals surface area contributed by atoms with Gasteiger partial charge in [-0.15, -0.1) is 0 Å². The summed E-state index contributed by atoms with van der Waals surface area (Å²) in [5.74, 6) is 0. The van der Waals surface area contributed by atoms with Crippen LogP contribution in [-0.4, -0.2) is 41.0 Å². The number of rotatable bonds is 6. The Bertz CT molecular complexity index is 530. The van der Waals surface area contributed by atoms with Gasteiger partial charge in [-0.2, -0.15) is 0 Å². The van der Waals surface area contributed by atoms with Crippen LogP contribution in [0.3, 0.4) is 0 Å². The van der Waals surface area contributed by atoms with E-state index in [1.54, 1.807) is 0 Å². The molecule has 0 spiro atoms. The minimum atomic E-state index is 0.510. The molecule has 0 fully saturated rings. The van der Waals surface area contributed by atoms with Crippen LogP contribution in [0.1, 0.15) is 24.7 Å². The van der Waals surface area contributed by atoms with E-state index in [0.717, 1.165) is 30.9 Å². The molecule has 0 aromatic carbocycles. The first-order chi connectivity index (χ1) is 9.08. The van der Waals surface area contributed by atoms with Crippen molar-refractivity contribution in [3.05, 3.63) is 35.8 Å². The summed E-state index contributed by atoms with van der Waals surface area (Å²) >= 11 is 0. The molecule has 2 aromatic heterocycles. The highest BCUT2D eigenvalue weighted by atomic mass is 15.1. The molecule has 0 saturated carbocycles. The Labute approximate surface area is 115 Å². The first-order valence-electron chi connectivity index (χ1n) is 6.88. The van der Waals surface area contributed by atoms with Crippen molar-refractivity contribution in [1.82, 2.24) is 19.6 Å². The second-order valence-electron chi connectivity index (χ2n) is 5.45. The van der Waals surface area contributed by atoms with Crippen molar-refractivity contribution in [3.63, 3.8) is 0 Å². The van der Waals surface area contributed by atoms with E-state index in [1.165, 1.54) is 5.69 Å². The maximum atomic E-state index is 4.58. The van der Waals surface area contributed by atoms with Crippen molar-refractivity contribution in [2.45, 2.75) is 32.9 Å². The second-order valence-corrected chi connectivity index (χ2v) is 5.45. The zero-order valence-corrected chi connectivity index (χ0v) is 12.3. The van der Waals surface area contributed by atoms with Crippen LogP contribution in [-0.2, 0) is 6.54 Å². The van der Waals surface area contributed by atoms with E-state index in [-0.39, 0.29) is 0 Å². The molecular weight excluding hydrogens is 236 g/mol. The van der Waals surface area contributed by atoms with Crippen LogP contribution in [0.15, 0.2) is 24.4 Å². The normalized spacial score (nSPS) is 13.3. The van der Waals surface area contributed by atoms with Crippen molar-refractivity contribution in [2.24, 2.45) is 0 Å². The molecule has 19 heavy (non-hydrogen) atoms. The SMILES string of the molecule is Cc1nc2ccccn2c1CNC(C)CCN(C)C. The molecule has 104 valence electrons. The number of aryl methyl sites for hydroxylation is 1. The predicted octanol–water partition coefficient (Wildman–Crippen LogP) is 2.07. The molecule has 1 unspecified atom stereocenters. The fourth-order valence-corrected chi connectivity index (χ4v) is 2.20. The summed E-state index contributed by atoms with van der Waals surface area (Å²) < 4.78 is 2.17. The van der Waals surface area contributed by atoms with Crippen molar-refractivity contribution in [1.29, 1.82) is 0 Å². The van der Waals surface area contributed by atoms with E-state index in [1.807, 2.05) is 18.2 Å². The fraction of sp³-hybridized carbons (Fsp3) is 0.533. The number of aromatic nitrogens is 2. The fourth-order valence-electron chi connectivity index (χ4n) is 2.20. The molecule has 1 N–H and O–H groups in total. The zero-order chi connectivity index (χ0) is 13.8. The van der Waals surface area contributed by atoms with Gasteiger partial charge in [-0.25, -0.2) is 4.98 Å². The molecule has 0 radical (unpaired) electrons. The van der Waals surface area contributed by atoms with Gasteiger partial charge in [-0.3, -0.25) is 0 Å². The van der Waals surface area contributed by atoms with E-state index in [4.69, 9.17) is 0 Å². The summed E-state index contributed by atoms with van der Waals surface area (Å²) in [5, 5.41) is 3.59. The molecule has 0 amide bonds. The minimum Gasteiger partial charge on any atom is -0.309 e. The van der Waals surface area contributed by atoms with Gasteiger partial charge in [0.05, 0.1) is 11.4 Å². The molecule has 2 rings (SSSR count). The lowest BCUT2D eigenvalue weighted by Crippen LogP contribution is -2.30. The largest absolute Gasteiger partial charge is 0.309 e. The van der Waals surface area contributed by atoms with Crippen LogP contribution in [0.4, 0.5) is 0 Å². The van der Waals surface area contributed by atoms with Gasteiger partial charge in [0.2, 0.25) is 0 Å². The van der Waals surface area contributed by atoms with Gasteiger partial charge in [0.25, 0.3) is 0 Å². The Morgan fingerprint density at radius 3 is 2.89 bits per heavy atom. The van der Waals surface area contributed by atoms with Crippen LogP contribution in [0.2, 0.25) is 0 Å². The average Bonchev–Trinajstić information content (AvgIpc) is 2.69. The molecule has 2 heterocycles. The van der Waals surface area contributed by atoms with E-state index in [0.29, 0.717) is 6.04 Å². The van der Waals surface area contributed by atoms with Gasteiger partial charge in [-0.1, -0.05) is 6.07 Å². The number of imidazole rings is 1. The summed E-state index contributed by atoms with van der Waals surface area (Å²) in [4.78, 5) is 6.80. The average molecular weight is 260 g/mol. The second kappa shape index (κ2) is 6.17. The van der Waals surface area contributed by atoms with Gasteiger partial charge < -0.3 is 14.6 Å². The standard InChI is InChI=1S/C15H24N4/c1-12(8-10-18(3)4)16-11-14-13(2)17-15-7-5-6-9-19(14)15/h5-7,9,12,16H,8,10-11H2,1-4H3. The molecule has 1 atom stereocenters. The van der Waals surface area contributed by atoms with Crippen LogP contribution in [0.5, 0.6) is 0 Å². The number of hydrogen-bond donors (Lipinski definition) is 1. The summed E-state index contributed by atoms with van der Waals surface area (Å²) in [6, 6.07) is 6.63. The predicted molar refractivity (Wildman–Crippen MR) is 79.4 cm³/mol. The smallest absolute Gasteiger partial charge is 0.137 e. The van der Waals surface area contributed by atoms with E-state index < -0.39 is 0 Å². The number of hydrogen-bond acceptors (Lipinski definition) is 3. The van der Waals surface area contributed by atoms with Crippen molar-refractivity contribution < 1.29 is 0 Å². The van der Waals surface area contributed by atoms with Gasteiger partial charge in [0.15, 0.2) is 0 Å². The first kappa shape index (κ1) is 14.0. The Hall–Kier alpha value is -1.39. The molecule has 0 saturated heterocycles. The van der Waals surface area contributed by atoms with Gasteiger partial charge in [-0.05, 0) is 53.0 Å². The van der Waals surface area contributed by atoms with Gasteiger partial charge in [0.1, 0.15) is 5.65 Å². The summed E-state index contributed by atoms with van der Waals surface area (Å²) in [7, 11) is 4.22. The maximum Gasteiger partial charge on any atom is 0.137 e. The Balaban J connectivity index is 1.99. The van der Waals surface area contributed by atoms with Crippen LogP contribution < -0.4 is 5.32 Å². The van der Waals surface area contributed by atoms with E-state index in [9.17, 15) is 0 Å². The molecule has 0 aliphatic rings. The molecule has 4 heteroatoms. The Morgan fingerprint density at radius 1 is 1.37 bits per heavy atom. The quantitative estimate of drug-likeness (QED) is 0.863. The highest BCUT2D eigenvalue weighted by Gasteiger charge is 2.09. The summed E-state index contributed by atoms with van der Waals surface area (Å²) in [6.07, 6.45) is 3.24. The Morgan fingerprint density at radius 2 is 2.16 bits per heavy atom. The zero-order valence-electron chi connectivity index (χ0n) is 12.3. The number of nitrogens with one attached hydrogen (secondary N) is 1. The maximum absolute atomic E-state index is 4.58. The van der Waals surface area contributed by atoms with Crippen LogP contribution in [0.25, 0.3) is 5.65 Å². The minimum absolute atomic E-state index is 0.510. The molecule has 4 nitrogen and oxygen atoms in total. The first-order valence-corrected chi connectivity index (χ1v) is 6.88. The Kier molecular flexibility index (Phi) is 4.56. The third-order valence-corrected chi connectivity index (χ3v) is 3.46.